The number of carbonyl (C=O) groups excluding carboxylic acids is 5. The number of aliphatic hydroxyl groups is 1. The second-order valence-electron chi connectivity index (χ2n) is 23.4. The normalized spacial score (nSPS) is 31.3. The van der Waals surface area contributed by atoms with Crippen LogP contribution in [0.15, 0.2) is 66.7 Å². The summed E-state index contributed by atoms with van der Waals surface area (Å²) in [5.41, 5.74) is -0.946. The molecule has 1 unspecified atom stereocenters. The first-order valence-electron chi connectivity index (χ1n) is 26.8. The number of amides is 2. The van der Waals surface area contributed by atoms with Crippen LogP contribution in [0.4, 0.5) is 16.2 Å². The lowest BCUT2D eigenvalue weighted by Crippen LogP contribution is -2.81. The van der Waals surface area contributed by atoms with E-state index in [2.05, 4.69) is 44.5 Å². The molecular formula is C59H74N6O11. The van der Waals surface area contributed by atoms with E-state index in [9.17, 15) is 24.3 Å². The Hall–Kier alpha value is -6.43. The molecule has 1 saturated carbocycles. The van der Waals surface area contributed by atoms with Crippen LogP contribution in [0, 0.1) is 18.3 Å². The SMILES string of the molecule is CC[C@]1(NC(=O)c2ccc(NC(=O)OC(C)(C)C)c(C)c2)C[C@H]2CN(CCc3c([nH]c4ccccc34)[C@@](C(=O)OC)(c3cc4c(cc3OC)N(C)[C@H]3[C@@](O)(C(=O)OC)[C@H](OC(C)=O)[C@]5(CC)C=CCN6CC[C@]43[C@@H]65)C2)C1. The number of methoxy groups -OCH3 is 3. The Morgan fingerprint density at radius 3 is 2.33 bits per heavy atom. The minimum absolute atomic E-state index is 0.194. The lowest BCUT2D eigenvalue weighted by molar-refractivity contribution is -0.228. The molecule has 6 heterocycles. The van der Waals surface area contributed by atoms with Gasteiger partial charge in [-0.25, -0.2) is 9.59 Å². The molecule has 10 atom stereocenters. The number of para-hydroxylation sites is 1. The minimum Gasteiger partial charge on any atom is -0.496 e. The summed E-state index contributed by atoms with van der Waals surface area (Å²) in [4.78, 5) is 81.4. The first-order valence-corrected chi connectivity index (χ1v) is 26.8. The summed E-state index contributed by atoms with van der Waals surface area (Å²) in [6, 6.07) is 16.0. The number of H-pyrrole nitrogens is 1. The van der Waals surface area contributed by atoms with Crippen LogP contribution in [-0.2, 0) is 50.6 Å². The predicted molar refractivity (Wildman–Crippen MR) is 287 cm³/mol. The van der Waals surface area contributed by atoms with E-state index in [1.54, 1.807) is 46.1 Å². The van der Waals surface area contributed by atoms with Crippen LogP contribution in [-0.4, -0.2) is 146 Å². The maximum absolute atomic E-state index is 15.8. The minimum atomic E-state index is -2.36. The number of nitrogens with zero attached hydrogens (tertiary/aromatic N) is 3. The Morgan fingerprint density at radius 1 is 0.908 bits per heavy atom. The fourth-order valence-corrected chi connectivity index (χ4v) is 15.4. The number of piperidine rings is 1. The number of aromatic amines is 1. The number of ether oxygens (including phenoxy) is 5. The highest BCUT2D eigenvalue weighted by molar-refractivity contribution is 5.97. The standard InChI is InChI=1S/C59H74N6O11/c1-12-55(62-47(67)37-19-20-42(34(3)27-37)61-53(70)76-54(5,6)7)30-36-31-58(51(68)73-10,46-39(21-25-64(32-36)33-55)38-17-14-15-18-43(38)60-46)41-28-40-44(29-45(41)72-9)63(8)49-57(40)23-26-65-24-16-22-56(13-2,48(57)65)50(75-35(4)66)59(49,71)52(69)74-11/h14-20,22,27-29,36,48-50,60,71H,12-13,21,23-26,30-33H2,1-11H3,(H,61,70)(H,62,67)/t36-,48+,49-,50-,55+,56-,57-,58+,59+/m1/s1. The van der Waals surface area contributed by atoms with E-state index in [0.717, 1.165) is 22.0 Å². The molecule has 5 aliphatic heterocycles. The van der Waals surface area contributed by atoms with Gasteiger partial charge < -0.3 is 48.9 Å². The number of fused-ring (bicyclic) bond motifs is 6. The summed E-state index contributed by atoms with van der Waals surface area (Å²) < 4.78 is 29.8. The van der Waals surface area contributed by atoms with E-state index < -0.39 is 69.1 Å². The van der Waals surface area contributed by atoms with Gasteiger partial charge in [-0.3, -0.25) is 24.6 Å². The number of benzene rings is 3. The highest BCUT2D eigenvalue weighted by atomic mass is 16.6. The van der Waals surface area contributed by atoms with Crippen molar-refractivity contribution in [2.24, 2.45) is 11.3 Å². The molecule has 2 saturated heterocycles. The average Bonchev–Trinajstić information content (AvgIpc) is 4.26. The zero-order valence-electron chi connectivity index (χ0n) is 45.8. The van der Waals surface area contributed by atoms with Crippen LogP contribution in [0.1, 0.15) is 112 Å². The van der Waals surface area contributed by atoms with E-state index in [0.29, 0.717) is 104 Å². The molecule has 2 bridgehead atoms. The van der Waals surface area contributed by atoms with Crippen molar-refractivity contribution in [1.29, 1.82) is 0 Å². The smallest absolute Gasteiger partial charge is 0.412 e. The molecule has 17 heteroatoms. The van der Waals surface area contributed by atoms with Crippen LogP contribution in [0.25, 0.3) is 10.9 Å². The van der Waals surface area contributed by atoms with Gasteiger partial charge in [0.25, 0.3) is 5.91 Å². The second kappa shape index (κ2) is 18.9. The number of rotatable bonds is 10. The van der Waals surface area contributed by atoms with Crippen molar-refractivity contribution < 1.29 is 52.8 Å². The maximum atomic E-state index is 15.8. The van der Waals surface area contributed by atoms with Crippen molar-refractivity contribution in [3.05, 3.63) is 100 Å². The van der Waals surface area contributed by atoms with Crippen molar-refractivity contribution in [2.45, 2.75) is 133 Å². The molecule has 6 aliphatic rings. The van der Waals surface area contributed by atoms with Crippen molar-refractivity contribution in [3.63, 3.8) is 0 Å². The number of esters is 3. The molecule has 1 aliphatic carbocycles. The largest absolute Gasteiger partial charge is 0.496 e. The number of nitrogens with one attached hydrogen (secondary N) is 3. The zero-order chi connectivity index (χ0) is 54.5. The molecular weight excluding hydrogens is 969 g/mol. The van der Waals surface area contributed by atoms with E-state index in [4.69, 9.17) is 23.7 Å². The number of likely N-dealkylation sites (N-methyl/N-ethyl adjacent to an activating group) is 1. The van der Waals surface area contributed by atoms with E-state index in [1.165, 1.54) is 21.1 Å². The molecule has 4 aromatic rings. The van der Waals surface area contributed by atoms with E-state index >= 15 is 4.79 Å². The molecule has 2 amide bonds. The highest BCUT2D eigenvalue weighted by Gasteiger charge is 2.80. The third-order valence-corrected chi connectivity index (χ3v) is 18.1. The molecule has 17 nitrogen and oxygen atoms in total. The Kier molecular flexibility index (Phi) is 13.2. The number of anilines is 2. The second-order valence-corrected chi connectivity index (χ2v) is 23.4. The maximum Gasteiger partial charge on any atom is 0.412 e. The van der Waals surface area contributed by atoms with Gasteiger partial charge >= 0.3 is 24.0 Å². The van der Waals surface area contributed by atoms with Crippen LogP contribution >= 0.6 is 0 Å². The van der Waals surface area contributed by atoms with Crippen LogP contribution < -0.4 is 20.3 Å². The third kappa shape index (κ3) is 7.91. The van der Waals surface area contributed by atoms with E-state index in [1.807, 2.05) is 62.2 Å². The zero-order valence-corrected chi connectivity index (χ0v) is 45.8. The topological polar surface area (TPSA) is 201 Å². The predicted octanol–water partition coefficient (Wildman–Crippen LogP) is 7.08. The quantitative estimate of drug-likeness (QED) is 0.0713. The molecule has 10 rings (SSSR count). The number of hydrogen-bond acceptors (Lipinski definition) is 14. The fourth-order valence-electron chi connectivity index (χ4n) is 15.4. The molecule has 0 radical (unpaired) electrons. The lowest BCUT2D eigenvalue weighted by atomic mass is 9.47. The number of aryl methyl sites for hydroxylation is 1. The third-order valence-electron chi connectivity index (χ3n) is 18.1. The van der Waals surface area contributed by atoms with Crippen LogP contribution in [0.3, 0.4) is 0 Å². The number of aromatic nitrogens is 1. The summed E-state index contributed by atoms with van der Waals surface area (Å²) in [5, 5.41) is 20.8. The molecule has 3 fully saturated rings. The van der Waals surface area contributed by atoms with Gasteiger partial charge in [-0.15, -0.1) is 0 Å². The average molecular weight is 1040 g/mol. The lowest BCUT2D eigenvalue weighted by Gasteiger charge is -2.63. The van der Waals surface area contributed by atoms with Crippen molar-refractivity contribution in [3.8, 4) is 5.75 Å². The Balaban J connectivity index is 1.13. The van der Waals surface area contributed by atoms with Gasteiger partial charge in [0.1, 0.15) is 16.8 Å². The van der Waals surface area contributed by atoms with Gasteiger partial charge in [-0.05, 0) is 126 Å². The van der Waals surface area contributed by atoms with Crippen molar-refractivity contribution in [2.75, 3.05) is 71.3 Å². The molecule has 406 valence electrons. The molecule has 76 heavy (non-hydrogen) atoms. The van der Waals surface area contributed by atoms with Gasteiger partial charge in [0.05, 0.1) is 32.9 Å². The summed E-state index contributed by atoms with van der Waals surface area (Å²) in [6.07, 6.45) is 5.11. The summed E-state index contributed by atoms with van der Waals surface area (Å²) in [6.45, 7) is 15.7. The molecule has 3 aromatic carbocycles. The summed E-state index contributed by atoms with van der Waals surface area (Å²) >= 11 is 0. The Bertz CT molecular complexity index is 3060. The van der Waals surface area contributed by atoms with Gasteiger partial charge in [0.15, 0.2) is 6.10 Å². The van der Waals surface area contributed by atoms with Crippen LogP contribution in [0.5, 0.6) is 5.75 Å². The molecule has 4 N–H and O–H groups in total. The highest BCUT2D eigenvalue weighted by Crippen LogP contribution is 2.68. The van der Waals surface area contributed by atoms with Crippen LogP contribution in [0.2, 0.25) is 0 Å². The Labute approximate surface area is 444 Å². The van der Waals surface area contributed by atoms with Crippen molar-refractivity contribution >= 4 is 52.2 Å². The monoisotopic (exact) mass is 1040 g/mol. The molecule has 1 spiro atoms. The van der Waals surface area contributed by atoms with Gasteiger partial charge in [0, 0.05) is 102 Å². The van der Waals surface area contributed by atoms with Gasteiger partial charge in [0.2, 0.25) is 5.60 Å². The Morgan fingerprint density at radius 2 is 1.66 bits per heavy atom. The summed E-state index contributed by atoms with van der Waals surface area (Å²) in [5.74, 6) is -2.05. The first kappa shape index (κ1) is 53.0. The number of hydrogen-bond donors (Lipinski definition) is 4. The van der Waals surface area contributed by atoms with Crippen molar-refractivity contribution in [1.82, 2.24) is 20.1 Å². The summed E-state index contributed by atoms with van der Waals surface area (Å²) in [7, 11) is 6.11. The molecule has 1 aromatic heterocycles. The number of carbonyl (C=O) groups is 5. The van der Waals surface area contributed by atoms with E-state index in [-0.39, 0.29) is 24.3 Å². The van der Waals surface area contributed by atoms with Gasteiger partial charge in [-0.1, -0.05) is 44.2 Å². The van der Waals surface area contributed by atoms with Gasteiger partial charge in [-0.2, -0.15) is 0 Å². The fraction of sp³-hybridized carbons (Fsp3) is 0.542. The first-order chi connectivity index (χ1) is 36.1.